The average molecular weight is 533 g/mol. The van der Waals surface area contributed by atoms with Crippen molar-refractivity contribution >= 4 is 67.2 Å². The Morgan fingerprint density at radius 1 is 1.26 bits per heavy atom. The Bertz CT molecular complexity index is 1410. The van der Waals surface area contributed by atoms with Crippen molar-refractivity contribution in [2.75, 3.05) is 6.61 Å². The van der Waals surface area contributed by atoms with Crippen molar-refractivity contribution in [3.05, 3.63) is 51.7 Å². The van der Waals surface area contributed by atoms with Crippen molar-refractivity contribution in [3.63, 3.8) is 0 Å². The molecule has 1 amide bonds. The van der Waals surface area contributed by atoms with Crippen LogP contribution in [-0.4, -0.2) is 53.2 Å². The monoisotopic (exact) mass is 532 g/mol. The third-order valence-electron chi connectivity index (χ3n) is 4.87. The molecule has 2 aromatic rings. The first-order valence-corrected chi connectivity index (χ1v) is 13.6. The minimum absolute atomic E-state index is 0.0159. The van der Waals surface area contributed by atoms with Crippen LogP contribution in [-0.2, 0) is 14.6 Å². The van der Waals surface area contributed by atoms with Crippen molar-refractivity contribution in [1.29, 1.82) is 5.41 Å². The molecule has 0 fully saturated rings. The molecule has 35 heavy (non-hydrogen) atoms. The molecular formula is C22H20N4O6S3. The summed E-state index contributed by atoms with van der Waals surface area (Å²) >= 11 is 1.99. The molecular weight excluding hydrogens is 512 g/mol. The molecule has 10 nitrogen and oxygen atoms in total. The molecule has 182 valence electrons. The number of nitrogens with zero attached hydrogens (tertiary/aromatic N) is 3. The summed E-state index contributed by atoms with van der Waals surface area (Å²) in [5.41, 5.74) is 0.349. The summed E-state index contributed by atoms with van der Waals surface area (Å²) in [7, 11) is -3.82. The van der Waals surface area contributed by atoms with Crippen molar-refractivity contribution in [2.24, 2.45) is 9.39 Å². The van der Waals surface area contributed by atoms with Crippen LogP contribution in [0.15, 0.2) is 50.7 Å². The predicted octanol–water partition coefficient (Wildman–Crippen LogP) is 3.77. The van der Waals surface area contributed by atoms with Gasteiger partial charge in [-0.2, -0.15) is 9.39 Å². The van der Waals surface area contributed by atoms with Crippen LogP contribution in [0.25, 0.3) is 6.08 Å². The Morgan fingerprint density at radius 3 is 2.69 bits per heavy atom. The van der Waals surface area contributed by atoms with Gasteiger partial charge in [0.2, 0.25) is 20.2 Å². The van der Waals surface area contributed by atoms with Gasteiger partial charge in [0, 0.05) is 0 Å². The number of sulfone groups is 1. The fourth-order valence-electron chi connectivity index (χ4n) is 3.07. The highest BCUT2D eigenvalue weighted by Crippen LogP contribution is 2.33. The van der Waals surface area contributed by atoms with Crippen molar-refractivity contribution in [2.45, 2.75) is 26.0 Å². The zero-order chi connectivity index (χ0) is 25.3. The van der Waals surface area contributed by atoms with Gasteiger partial charge in [-0.25, -0.2) is 18.1 Å². The van der Waals surface area contributed by atoms with Gasteiger partial charge in [-0.15, -0.1) is 11.3 Å². The van der Waals surface area contributed by atoms with E-state index in [4.69, 9.17) is 14.9 Å². The molecule has 2 aliphatic rings. The maximum absolute atomic E-state index is 12.7. The van der Waals surface area contributed by atoms with E-state index in [1.54, 1.807) is 36.6 Å². The Morgan fingerprint density at radius 2 is 2.03 bits per heavy atom. The number of aliphatic imine (C=N–C) groups is 1. The number of amides is 1. The van der Waals surface area contributed by atoms with Gasteiger partial charge in [0.25, 0.3) is 5.91 Å². The maximum Gasteiger partial charge on any atom is 0.353 e. The van der Waals surface area contributed by atoms with E-state index in [2.05, 4.69) is 9.39 Å². The van der Waals surface area contributed by atoms with Crippen LogP contribution in [0, 0.1) is 5.41 Å². The molecule has 2 aliphatic heterocycles. The highest BCUT2D eigenvalue weighted by molar-refractivity contribution is 8.16. The third-order valence-corrected chi connectivity index (χ3v) is 8.56. The molecule has 4 rings (SSSR count). The fraction of sp³-hybridized carbons (Fsp3) is 0.227. The summed E-state index contributed by atoms with van der Waals surface area (Å²) in [4.78, 5) is 30.4. The number of carbonyl (C=O) groups is 2. The lowest BCUT2D eigenvalue weighted by molar-refractivity contribution is -0.114. The number of fused-ring (bicyclic) bond motifs is 1. The topological polar surface area (TPSA) is 139 Å². The quantitative estimate of drug-likeness (QED) is 0.257. The number of carbonyl (C=O) groups excluding carboxylic acids is 2. The molecule has 0 saturated carbocycles. The third kappa shape index (κ3) is 4.79. The Hall–Kier alpha value is -3.29. The predicted molar refractivity (Wildman–Crippen MR) is 136 cm³/mol. The number of amidine groups is 3. The van der Waals surface area contributed by atoms with E-state index in [1.807, 2.05) is 0 Å². The second-order valence-corrected chi connectivity index (χ2v) is 11.6. The molecule has 0 atom stereocenters. The van der Waals surface area contributed by atoms with Gasteiger partial charge in [0.1, 0.15) is 10.7 Å². The summed E-state index contributed by atoms with van der Waals surface area (Å²) in [6, 6.07) is 8.06. The van der Waals surface area contributed by atoms with Crippen LogP contribution < -0.4 is 9.47 Å². The average Bonchev–Trinajstić information content (AvgIpc) is 3.49. The largest absolute Gasteiger partial charge is 0.490 e. The van der Waals surface area contributed by atoms with Gasteiger partial charge < -0.3 is 9.47 Å². The van der Waals surface area contributed by atoms with E-state index in [0.29, 0.717) is 17.0 Å². The fourth-order valence-corrected chi connectivity index (χ4v) is 5.73. The number of nitrogens with one attached hydrogen (secondary N) is 1. The van der Waals surface area contributed by atoms with Crippen LogP contribution in [0.4, 0.5) is 0 Å². The molecule has 0 radical (unpaired) electrons. The number of thiophene rings is 1. The van der Waals surface area contributed by atoms with Crippen molar-refractivity contribution < 1.29 is 27.5 Å². The van der Waals surface area contributed by atoms with Crippen molar-refractivity contribution in [3.8, 4) is 11.5 Å². The first-order chi connectivity index (χ1) is 16.6. The lowest BCUT2D eigenvalue weighted by Crippen LogP contribution is -2.46. The van der Waals surface area contributed by atoms with E-state index in [1.165, 1.54) is 37.3 Å². The number of esters is 1. The van der Waals surface area contributed by atoms with Crippen molar-refractivity contribution in [1.82, 2.24) is 4.90 Å². The number of rotatable bonds is 6. The van der Waals surface area contributed by atoms with E-state index in [0.717, 1.165) is 16.8 Å². The van der Waals surface area contributed by atoms with Crippen LogP contribution in [0.3, 0.4) is 0 Å². The highest BCUT2D eigenvalue weighted by atomic mass is 32.2. The summed E-state index contributed by atoms with van der Waals surface area (Å²) in [5, 5.41) is 9.24. The summed E-state index contributed by atoms with van der Waals surface area (Å²) in [6.07, 6.45) is 1.40. The molecule has 0 aliphatic carbocycles. The normalized spacial score (nSPS) is 16.9. The van der Waals surface area contributed by atoms with Gasteiger partial charge in [-0.05, 0) is 56.0 Å². The smallest absolute Gasteiger partial charge is 0.353 e. The van der Waals surface area contributed by atoms with Crippen LogP contribution >= 0.6 is 23.3 Å². The van der Waals surface area contributed by atoms with Crippen LogP contribution in [0.5, 0.6) is 11.5 Å². The number of hydrogen-bond acceptors (Lipinski definition) is 10. The number of hydrogen-bond donors (Lipinski definition) is 1. The second-order valence-electron chi connectivity index (χ2n) is 7.51. The summed E-state index contributed by atoms with van der Waals surface area (Å²) < 4.78 is 40.4. The molecule has 0 unspecified atom stereocenters. The molecule has 0 spiro atoms. The van der Waals surface area contributed by atoms with Gasteiger partial charge in [-0.1, -0.05) is 12.1 Å². The molecule has 3 heterocycles. The van der Waals surface area contributed by atoms with E-state index in [-0.39, 0.29) is 33.2 Å². The first-order valence-electron chi connectivity index (χ1n) is 10.4. The Kier molecular flexibility index (Phi) is 6.92. The van der Waals surface area contributed by atoms with E-state index in [9.17, 15) is 18.0 Å². The standard InChI is InChI=1S/C22H20N4O6S3/c1-4-31-16-11-13(7-8-15(16)32-20(28)17-6-5-9-33-17)10-14-18(23)26-21(24-19(14)27)34-25-22(26)35(29,30)12(2)3/h5-12,23H,4H2,1-3H3. The molecule has 0 bridgehead atoms. The van der Waals surface area contributed by atoms with Crippen LogP contribution in [0.1, 0.15) is 36.0 Å². The van der Waals surface area contributed by atoms with Gasteiger partial charge in [-0.3, -0.25) is 10.2 Å². The zero-order valence-electron chi connectivity index (χ0n) is 18.8. The molecule has 1 aromatic heterocycles. The van der Waals surface area contributed by atoms with E-state index < -0.39 is 27.0 Å². The summed E-state index contributed by atoms with van der Waals surface area (Å²) in [5.74, 6) is -1.10. The molecule has 0 saturated heterocycles. The molecule has 1 aromatic carbocycles. The second kappa shape index (κ2) is 9.76. The number of ether oxygens (including phenoxy) is 2. The van der Waals surface area contributed by atoms with E-state index >= 15 is 0 Å². The number of benzene rings is 1. The minimum Gasteiger partial charge on any atom is -0.490 e. The summed E-state index contributed by atoms with van der Waals surface area (Å²) in [6.45, 7) is 5.09. The lowest BCUT2D eigenvalue weighted by Gasteiger charge is -2.25. The Labute approximate surface area is 209 Å². The van der Waals surface area contributed by atoms with Gasteiger partial charge >= 0.3 is 5.97 Å². The maximum atomic E-state index is 12.7. The first kappa shape index (κ1) is 24.8. The molecule has 1 N–H and O–H groups in total. The zero-order valence-corrected chi connectivity index (χ0v) is 21.3. The molecule has 13 heteroatoms. The highest BCUT2D eigenvalue weighted by Gasteiger charge is 2.43. The lowest BCUT2D eigenvalue weighted by atomic mass is 10.1. The SMILES string of the molecule is CCOc1cc(C=C2C(=N)N3C(=NC2=O)SN=C3S(=O)(=O)C(C)C)ccc1OC(=O)c1cccs1. The van der Waals surface area contributed by atoms with Crippen LogP contribution in [0.2, 0.25) is 0 Å². The minimum atomic E-state index is -3.82. The van der Waals surface area contributed by atoms with Gasteiger partial charge in [0.05, 0.1) is 29.4 Å². The Balaban J connectivity index is 1.66. The van der Waals surface area contributed by atoms with Gasteiger partial charge in [0.15, 0.2) is 11.5 Å².